The fourth-order valence-electron chi connectivity index (χ4n) is 1.25. The molecule has 1 aromatic heterocycles. The zero-order valence-corrected chi connectivity index (χ0v) is 11.5. The molecule has 0 aliphatic rings. The summed E-state index contributed by atoms with van der Waals surface area (Å²) in [5.41, 5.74) is 0.685. The van der Waals surface area contributed by atoms with Gasteiger partial charge < -0.3 is 0 Å². The van der Waals surface area contributed by atoms with Crippen molar-refractivity contribution in [1.82, 2.24) is 4.98 Å². The third-order valence-corrected chi connectivity index (χ3v) is 4.62. The van der Waals surface area contributed by atoms with Gasteiger partial charge in [-0.1, -0.05) is 11.6 Å². The first-order valence-electron chi connectivity index (χ1n) is 4.78. The van der Waals surface area contributed by atoms with Gasteiger partial charge in [0.2, 0.25) is 0 Å². The van der Waals surface area contributed by atoms with E-state index in [1.165, 1.54) is 6.07 Å². The molecule has 1 heterocycles. The minimum absolute atomic E-state index is 0.145. The largest absolute Gasteiger partial charge is 0.266 e. The van der Waals surface area contributed by atoms with Crippen LogP contribution in [-0.4, -0.2) is 13.4 Å². The monoisotopic (exact) mass is 306 g/mol. The smallest absolute Gasteiger partial charge is 0.255 e. The number of aryl methyl sites for hydroxylation is 1. The molecule has 0 spiro atoms. The Balaban J connectivity index is 2.39. The van der Waals surface area contributed by atoms with Crippen molar-refractivity contribution < 1.29 is 12.8 Å². The Labute approximate surface area is 112 Å². The third-order valence-electron chi connectivity index (χ3n) is 2.02. The molecule has 4 nitrogen and oxygen atoms in total. The second-order valence-corrected chi connectivity index (χ2v) is 6.42. The van der Waals surface area contributed by atoms with Crippen molar-refractivity contribution in [1.29, 1.82) is 0 Å². The van der Waals surface area contributed by atoms with Crippen LogP contribution >= 0.6 is 22.9 Å². The molecule has 2 aromatic rings. The number of nitrogens with zero attached hydrogens (tertiary/aromatic N) is 1. The molecule has 2 rings (SSSR count). The van der Waals surface area contributed by atoms with Crippen LogP contribution in [0.2, 0.25) is 5.02 Å². The SMILES string of the molecule is Cc1csc(NS(=O)(=O)c2cc(Cl)ccc2F)n1. The maximum absolute atomic E-state index is 13.5. The van der Waals surface area contributed by atoms with Gasteiger partial charge in [-0.2, -0.15) is 0 Å². The van der Waals surface area contributed by atoms with E-state index in [-0.39, 0.29) is 10.2 Å². The van der Waals surface area contributed by atoms with E-state index in [0.29, 0.717) is 5.69 Å². The molecule has 8 heteroatoms. The molecule has 0 fully saturated rings. The third kappa shape index (κ3) is 2.80. The van der Waals surface area contributed by atoms with E-state index in [2.05, 4.69) is 9.71 Å². The van der Waals surface area contributed by atoms with Gasteiger partial charge in [0, 0.05) is 10.4 Å². The van der Waals surface area contributed by atoms with Crippen LogP contribution in [0.4, 0.5) is 9.52 Å². The zero-order chi connectivity index (χ0) is 13.3. The number of hydrogen-bond acceptors (Lipinski definition) is 4. The molecule has 18 heavy (non-hydrogen) atoms. The molecule has 0 amide bonds. The highest BCUT2D eigenvalue weighted by Gasteiger charge is 2.20. The highest BCUT2D eigenvalue weighted by molar-refractivity contribution is 7.93. The normalized spacial score (nSPS) is 11.5. The van der Waals surface area contributed by atoms with E-state index in [4.69, 9.17) is 11.6 Å². The number of aromatic nitrogens is 1. The van der Waals surface area contributed by atoms with E-state index in [0.717, 1.165) is 23.5 Å². The number of rotatable bonds is 3. The molecular weight excluding hydrogens is 299 g/mol. The van der Waals surface area contributed by atoms with Gasteiger partial charge in [-0.05, 0) is 25.1 Å². The van der Waals surface area contributed by atoms with Gasteiger partial charge in [-0.15, -0.1) is 11.3 Å². The first kappa shape index (κ1) is 13.3. The van der Waals surface area contributed by atoms with Crippen LogP contribution in [0.15, 0.2) is 28.5 Å². The Morgan fingerprint density at radius 3 is 2.78 bits per heavy atom. The van der Waals surface area contributed by atoms with Gasteiger partial charge in [-0.3, -0.25) is 4.72 Å². The Bertz CT molecular complexity index is 685. The molecule has 0 saturated carbocycles. The van der Waals surface area contributed by atoms with Crippen molar-refractivity contribution in [2.75, 3.05) is 4.72 Å². The van der Waals surface area contributed by atoms with Crippen LogP contribution in [0.3, 0.4) is 0 Å². The van der Waals surface area contributed by atoms with Gasteiger partial charge in [0.05, 0.1) is 5.69 Å². The summed E-state index contributed by atoms with van der Waals surface area (Å²) in [5, 5.41) is 2.02. The molecule has 0 aliphatic heterocycles. The average molecular weight is 307 g/mol. The predicted octanol–water partition coefficient (Wildman–Crippen LogP) is 3.04. The summed E-state index contributed by atoms with van der Waals surface area (Å²) >= 11 is 6.78. The van der Waals surface area contributed by atoms with Gasteiger partial charge in [0.25, 0.3) is 10.0 Å². The molecule has 0 radical (unpaired) electrons. The lowest BCUT2D eigenvalue weighted by Gasteiger charge is -2.06. The molecular formula is C10H8ClFN2O2S2. The van der Waals surface area contributed by atoms with Crippen LogP contribution in [0.5, 0.6) is 0 Å². The van der Waals surface area contributed by atoms with Crippen molar-refractivity contribution in [3.05, 3.63) is 40.1 Å². The second-order valence-electron chi connectivity index (χ2n) is 3.47. The van der Waals surface area contributed by atoms with Crippen molar-refractivity contribution in [3.63, 3.8) is 0 Å². The number of sulfonamides is 1. The summed E-state index contributed by atoms with van der Waals surface area (Å²) in [5.74, 6) is -0.861. The molecule has 0 bridgehead atoms. The maximum Gasteiger partial charge on any atom is 0.266 e. The van der Waals surface area contributed by atoms with Crippen LogP contribution in [0, 0.1) is 12.7 Å². The molecule has 0 saturated heterocycles. The lowest BCUT2D eigenvalue weighted by Crippen LogP contribution is -2.14. The quantitative estimate of drug-likeness (QED) is 0.948. The first-order chi connectivity index (χ1) is 8.38. The maximum atomic E-state index is 13.5. The van der Waals surface area contributed by atoms with E-state index < -0.39 is 20.7 Å². The van der Waals surface area contributed by atoms with Gasteiger partial charge in [0.1, 0.15) is 10.7 Å². The molecule has 1 aromatic carbocycles. The number of nitrogens with one attached hydrogen (secondary N) is 1. The Kier molecular flexibility index (Phi) is 3.56. The minimum atomic E-state index is -4.01. The van der Waals surface area contributed by atoms with E-state index in [1.807, 2.05) is 0 Å². The summed E-state index contributed by atoms with van der Waals surface area (Å²) in [6.07, 6.45) is 0. The Morgan fingerprint density at radius 2 is 2.17 bits per heavy atom. The van der Waals surface area contributed by atoms with Crippen molar-refractivity contribution in [3.8, 4) is 0 Å². The van der Waals surface area contributed by atoms with Crippen molar-refractivity contribution >= 4 is 38.1 Å². The Morgan fingerprint density at radius 1 is 1.44 bits per heavy atom. The number of anilines is 1. The van der Waals surface area contributed by atoms with Crippen LogP contribution in [-0.2, 0) is 10.0 Å². The molecule has 0 aliphatic carbocycles. The van der Waals surface area contributed by atoms with E-state index in [9.17, 15) is 12.8 Å². The van der Waals surface area contributed by atoms with Crippen molar-refractivity contribution in [2.24, 2.45) is 0 Å². The van der Waals surface area contributed by atoms with Gasteiger partial charge in [0.15, 0.2) is 5.13 Å². The lowest BCUT2D eigenvalue weighted by molar-refractivity contribution is 0.570. The summed E-state index contributed by atoms with van der Waals surface area (Å²) in [6.45, 7) is 1.73. The van der Waals surface area contributed by atoms with E-state index in [1.54, 1.807) is 12.3 Å². The Hall–Kier alpha value is -1.18. The number of halogens is 2. The lowest BCUT2D eigenvalue weighted by atomic mass is 10.3. The zero-order valence-electron chi connectivity index (χ0n) is 9.15. The minimum Gasteiger partial charge on any atom is -0.255 e. The summed E-state index contributed by atoms with van der Waals surface area (Å²) in [4.78, 5) is 3.45. The number of benzene rings is 1. The van der Waals surface area contributed by atoms with Crippen LogP contribution in [0.1, 0.15) is 5.69 Å². The highest BCUT2D eigenvalue weighted by Crippen LogP contribution is 2.23. The first-order valence-corrected chi connectivity index (χ1v) is 7.52. The number of hydrogen-bond donors (Lipinski definition) is 1. The highest BCUT2D eigenvalue weighted by atomic mass is 35.5. The fraction of sp³-hybridized carbons (Fsp3) is 0.100. The van der Waals surface area contributed by atoms with E-state index >= 15 is 0 Å². The summed E-state index contributed by atoms with van der Waals surface area (Å²) in [7, 11) is -4.01. The topological polar surface area (TPSA) is 59.1 Å². The average Bonchev–Trinajstić information content (AvgIpc) is 2.66. The van der Waals surface area contributed by atoms with Gasteiger partial charge in [-0.25, -0.2) is 17.8 Å². The standard InChI is InChI=1S/C10H8ClFN2O2S2/c1-6-5-17-10(13-6)14-18(15,16)9-4-7(11)2-3-8(9)12/h2-5H,1H3,(H,13,14). The molecule has 96 valence electrons. The van der Waals surface area contributed by atoms with Crippen LogP contribution < -0.4 is 4.72 Å². The molecule has 0 atom stereocenters. The summed E-state index contributed by atoms with van der Waals surface area (Å²) in [6, 6.07) is 3.34. The number of thiazole rings is 1. The molecule has 1 N–H and O–H groups in total. The van der Waals surface area contributed by atoms with Crippen LogP contribution in [0.25, 0.3) is 0 Å². The summed E-state index contributed by atoms with van der Waals surface area (Å²) < 4.78 is 39.6. The fourth-order valence-corrected chi connectivity index (χ4v) is 3.54. The predicted molar refractivity (Wildman–Crippen MR) is 69.1 cm³/mol. The second kappa shape index (κ2) is 4.83. The van der Waals surface area contributed by atoms with Crippen molar-refractivity contribution in [2.45, 2.75) is 11.8 Å². The molecule has 0 unspecified atom stereocenters. The van der Waals surface area contributed by atoms with Gasteiger partial charge >= 0.3 is 0 Å².